The fraction of sp³-hybridized carbons (Fsp3) is 0.464. The maximum Gasteiger partial charge on any atom is 0.408 e. The van der Waals surface area contributed by atoms with E-state index in [0.717, 1.165) is 5.56 Å². The molecule has 0 radical (unpaired) electrons. The van der Waals surface area contributed by atoms with Gasteiger partial charge in [-0.2, -0.15) is 0 Å². The van der Waals surface area contributed by atoms with Gasteiger partial charge in [0.1, 0.15) is 23.4 Å². The first kappa shape index (κ1) is 29.6. The minimum Gasteiger partial charge on any atom is -0.508 e. The highest BCUT2D eigenvalue weighted by Crippen LogP contribution is 2.26. The van der Waals surface area contributed by atoms with Crippen LogP contribution in [0.15, 0.2) is 54.6 Å². The van der Waals surface area contributed by atoms with E-state index in [9.17, 15) is 24.6 Å². The van der Waals surface area contributed by atoms with E-state index in [4.69, 9.17) is 4.74 Å². The molecule has 0 heterocycles. The van der Waals surface area contributed by atoms with Crippen LogP contribution in [0, 0.1) is 5.92 Å². The van der Waals surface area contributed by atoms with Crippen LogP contribution in [0.25, 0.3) is 0 Å². The second kappa shape index (κ2) is 13.6. The number of phenols is 1. The molecule has 202 valence electrons. The summed E-state index contributed by atoms with van der Waals surface area (Å²) in [6, 6.07) is 13.2. The van der Waals surface area contributed by atoms with Crippen molar-refractivity contribution < 1.29 is 29.3 Å². The van der Waals surface area contributed by atoms with Gasteiger partial charge >= 0.3 is 6.09 Å². The Kier molecular flexibility index (Phi) is 10.9. The van der Waals surface area contributed by atoms with Crippen LogP contribution >= 0.6 is 0 Å². The lowest BCUT2D eigenvalue weighted by Gasteiger charge is -2.35. The van der Waals surface area contributed by atoms with E-state index < -0.39 is 42.2 Å². The molecule has 0 aliphatic carbocycles. The molecule has 0 fully saturated rings. The van der Waals surface area contributed by atoms with E-state index in [-0.39, 0.29) is 24.8 Å². The summed E-state index contributed by atoms with van der Waals surface area (Å²) >= 11 is 0. The molecule has 0 aliphatic heterocycles. The minimum atomic E-state index is -1.11. The van der Waals surface area contributed by atoms with Crippen LogP contribution in [0.2, 0.25) is 0 Å². The van der Waals surface area contributed by atoms with Crippen molar-refractivity contribution in [2.45, 2.75) is 65.3 Å². The van der Waals surface area contributed by atoms with Gasteiger partial charge in [-0.1, -0.05) is 62.7 Å². The number of aromatic hydroxyl groups is 1. The quantitative estimate of drug-likeness (QED) is 0.364. The normalized spacial score (nSPS) is 13.7. The predicted molar refractivity (Wildman–Crippen MR) is 141 cm³/mol. The maximum absolute atomic E-state index is 13.9. The van der Waals surface area contributed by atoms with Crippen molar-refractivity contribution in [3.63, 3.8) is 0 Å². The van der Waals surface area contributed by atoms with Gasteiger partial charge in [0, 0.05) is 13.1 Å². The molecule has 37 heavy (non-hydrogen) atoms. The van der Waals surface area contributed by atoms with Crippen molar-refractivity contribution in [3.8, 4) is 5.75 Å². The van der Waals surface area contributed by atoms with Gasteiger partial charge in [-0.15, -0.1) is 0 Å². The standard InChI is InChI=1S/C28H39N3O6/c1-6-19(2)23(30-27(36)37-28(3,4)5)26(35)31(16-17-32)24(21-12-14-22(33)15-13-21)25(34)29-18-20-10-8-7-9-11-20/h7-15,19,23-24,32-33H,6,16-18H2,1-5H3,(H,29,34)(H,30,36). The van der Waals surface area contributed by atoms with Gasteiger partial charge in [0.25, 0.3) is 0 Å². The third-order valence-electron chi connectivity index (χ3n) is 5.85. The van der Waals surface area contributed by atoms with Gasteiger partial charge in [0.2, 0.25) is 11.8 Å². The van der Waals surface area contributed by atoms with Gasteiger partial charge in [-0.3, -0.25) is 9.59 Å². The number of phenolic OH excluding ortho intramolecular Hbond substituents is 1. The van der Waals surface area contributed by atoms with Crippen LogP contribution in [0.3, 0.4) is 0 Å². The first-order valence-electron chi connectivity index (χ1n) is 12.5. The Hall–Kier alpha value is -3.59. The number of aliphatic hydroxyl groups excluding tert-OH is 1. The Morgan fingerprint density at radius 2 is 1.65 bits per heavy atom. The summed E-state index contributed by atoms with van der Waals surface area (Å²) in [5, 5.41) is 25.2. The van der Waals surface area contributed by atoms with Crippen molar-refractivity contribution in [1.29, 1.82) is 0 Å². The van der Waals surface area contributed by atoms with Crippen LogP contribution in [0.5, 0.6) is 5.75 Å². The molecule has 9 heteroatoms. The lowest BCUT2D eigenvalue weighted by molar-refractivity contribution is -0.144. The molecular weight excluding hydrogens is 474 g/mol. The third-order valence-corrected chi connectivity index (χ3v) is 5.85. The summed E-state index contributed by atoms with van der Waals surface area (Å²) in [5.41, 5.74) is 0.568. The number of hydrogen-bond acceptors (Lipinski definition) is 6. The number of benzene rings is 2. The first-order valence-corrected chi connectivity index (χ1v) is 12.5. The molecule has 9 nitrogen and oxygen atoms in total. The molecule has 3 atom stereocenters. The highest BCUT2D eigenvalue weighted by molar-refractivity contribution is 5.92. The molecule has 3 amide bonds. The van der Waals surface area contributed by atoms with E-state index in [1.807, 2.05) is 44.2 Å². The molecule has 0 bridgehead atoms. The van der Waals surface area contributed by atoms with Crippen molar-refractivity contribution in [2.75, 3.05) is 13.2 Å². The van der Waals surface area contributed by atoms with E-state index in [1.165, 1.54) is 17.0 Å². The summed E-state index contributed by atoms with van der Waals surface area (Å²) in [6.45, 7) is 8.58. The molecule has 0 aliphatic rings. The van der Waals surface area contributed by atoms with Crippen LogP contribution < -0.4 is 10.6 Å². The van der Waals surface area contributed by atoms with E-state index >= 15 is 0 Å². The summed E-state index contributed by atoms with van der Waals surface area (Å²) < 4.78 is 5.37. The van der Waals surface area contributed by atoms with Crippen LogP contribution in [0.4, 0.5) is 4.79 Å². The fourth-order valence-electron chi connectivity index (χ4n) is 3.78. The molecule has 0 saturated heterocycles. The molecule has 2 aromatic carbocycles. The molecule has 0 saturated carbocycles. The number of nitrogens with one attached hydrogen (secondary N) is 2. The summed E-state index contributed by atoms with van der Waals surface area (Å²) in [7, 11) is 0. The molecule has 2 rings (SSSR count). The smallest absolute Gasteiger partial charge is 0.408 e. The number of carbonyl (C=O) groups excluding carboxylic acids is 3. The second-order valence-electron chi connectivity index (χ2n) is 9.96. The number of nitrogens with zero attached hydrogens (tertiary/aromatic N) is 1. The third kappa shape index (κ3) is 9.09. The van der Waals surface area contributed by atoms with E-state index in [2.05, 4.69) is 10.6 Å². The predicted octanol–water partition coefficient (Wildman–Crippen LogP) is 3.51. The van der Waals surface area contributed by atoms with Gasteiger partial charge in [-0.05, 0) is 49.9 Å². The first-order chi connectivity index (χ1) is 17.5. The molecule has 3 unspecified atom stereocenters. The Morgan fingerprint density at radius 3 is 2.19 bits per heavy atom. The number of alkyl carbamates (subject to hydrolysis) is 1. The Labute approximate surface area is 218 Å². The monoisotopic (exact) mass is 513 g/mol. The number of aliphatic hydroxyl groups is 1. The number of rotatable bonds is 11. The van der Waals surface area contributed by atoms with Gasteiger partial charge < -0.3 is 30.5 Å². The topological polar surface area (TPSA) is 128 Å². The van der Waals surface area contributed by atoms with Crippen molar-refractivity contribution in [1.82, 2.24) is 15.5 Å². The van der Waals surface area contributed by atoms with Gasteiger partial charge in [0.05, 0.1) is 6.61 Å². The fourth-order valence-corrected chi connectivity index (χ4v) is 3.78. The Morgan fingerprint density at radius 1 is 1.03 bits per heavy atom. The van der Waals surface area contributed by atoms with Gasteiger partial charge in [-0.25, -0.2) is 4.79 Å². The van der Waals surface area contributed by atoms with E-state index in [0.29, 0.717) is 12.0 Å². The lowest BCUT2D eigenvalue weighted by Crippen LogP contribution is -2.55. The number of amides is 3. The SMILES string of the molecule is CCC(C)C(NC(=O)OC(C)(C)C)C(=O)N(CCO)C(C(=O)NCc1ccccc1)c1ccc(O)cc1. The molecule has 0 aromatic heterocycles. The summed E-state index contributed by atoms with van der Waals surface area (Å²) in [5.74, 6) is -1.26. The van der Waals surface area contributed by atoms with Crippen LogP contribution in [0.1, 0.15) is 58.2 Å². The second-order valence-corrected chi connectivity index (χ2v) is 9.96. The molecular formula is C28H39N3O6. The highest BCUT2D eigenvalue weighted by atomic mass is 16.6. The van der Waals surface area contributed by atoms with Crippen LogP contribution in [-0.2, 0) is 20.9 Å². The largest absolute Gasteiger partial charge is 0.508 e. The zero-order valence-electron chi connectivity index (χ0n) is 22.2. The molecule has 2 aromatic rings. The summed E-state index contributed by atoms with van der Waals surface area (Å²) in [4.78, 5) is 41.3. The number of ether oxygens (including phenoxy) is 1. The zero-order chi connectivity index (χ0) is 27.6. The Balaban J connectivity index is 2.43. The van der Waals surface area contributed by atoms with Gasteiger partial charge in [0.15, 0.2) is 0 Å². The molecule has 0 spiro atoms. The molecule has 4 N–H and O–H groups in total. The minimum absolute atomic E-state index is 0.0105. The lowest BCUT2D eigenvalue weighted by atomic mass is 9.95. The number of hydrogen-bond donors (Lipinski definition) is 4. The summed E-state index contributed by atoms with van der Waals surface area (Å²) in [6.07, 6.45) is -0.173. The maximum atomic E-state index is 13.9. The average Bonchev–Trinajstić information content (AvgIpc) is 2.85. The van der Waals surface area contributed by atoms with Crippen molar-refractivity contribution in [2.24, 2.45) is 5.92 Å². The number of carbonyl (C=O) groups is 3. The Bertz CT molecular complexity index is 1020. The zero-order valence-corrected chi connectivity index (χ0v) is 22.2. The highest BCUT2D eigenvalue weighted by Gasteiger charge is 2.37. The van der Waals surface area contributed by atoms with Crippen molar-refractivity contribution in [3.05, 3.63) is 65.7 Å². The van der Waals surface area contributed by atoms with Crippen LogP contribution in [-0.4, -0.2) is 57.8 Å². The van der Waals surface area contributed by atoms with E-state index in [1.54, 1.807) is 32.9 Å². The average molecular weight is 514 g/mol. The van der Waals surface area contributed by atoms with Crippen molar-refractivity contribution >= 4 is 17.9 Å².